The van der Waals surface area contributed by atoms with Gasteiger partial charge < -0.3 is 9.47 Å². The summed E-state index contributed by atoms with van der Waals surface area (Å²) in [6.07, 6.45) is 0. The van der Waals surface area contributed by atoms with Gasteiger partial charge in [-0.2, -0.15) is 0 Å². The van der Waals surface area contributed by atoms with Gasteiger partial charge in [0.05, 0.1) is 13.7 Å². The average molecular weight is 339 g/mol. The van der Waals surface area contributed by atoms with Crippen LogP contribution in [0.4, 0.5) is 0 Å². The highest BCUT2D eigenvalue weighted by Crippen LogP contribution is 2.23. The molecule has 0 heterocycles. The summed E-state index contributed by atoms with van der Waals surface area (Å²) in [5.74, 6) is 2.69. The summed E-state index contributed by atoms with van der Waals surface area (Å²) >= 11 is 5.16. The van der Waals surface area contributed by atoms with E-state index in [0.717, 1.165) is 21.7 Å². The van der Waals surface area contributed by atoms with Crippen LogP contribution in [0.25, 0.3) is 0 Å². The second-order valence-electron chi connectivity index (χ2n) is 3.83. The van der Waals surface area contributed by atoms with Gasteiger partial charge in [-0.1, -0.05) is 22.0 Å². The highest BCUT2D eigenvalue weighted by atomic mass is 79.9. The molecule has 4 heteroatoms. The molecule has 0 bridgehead atoms. The molecular formula is C15H15BrO2S. The van der Waals surface area contributed by atoms with Crippen LogP contribution in [-0.2, 0) is 0 Å². The molecule has 0 unspecified atom stereocenters. The molecule has 2 nitrogen and oxygen atoms in total. The molecule has 100 valence electrons. The predicted octanol–water partition coefficient (Wildman–Crippen LogP) is 4.63. The molecule has 0 saturated carbocycles. The van der Waals surface area contributed by atoms with Crippen molar-refractivity contribution in [3.63, 3.8) is 0 Å². The zero-order valence-electron chi connectivity index (χ0n) is 10.6. The number of hydrogen-bond donors (Lipinski definition) is 0. The van der Waals surface area contributed by atoms with Crippen molar-refractivity contribution in [2.45, 2.75) is 4.90 Å². The quantitative estimate of drug-likeness (QED) is 0.565. The van der Waals surface area contributed by atoms with Gasteiger partial charge in [0.2, 0.25) is 0 Å². The van der Waals surface area contributed by atoms with E-state index >= 15 is 0 Å². The molecule has 0 aromatic heterocycles. The first kappa shape index (κ1) is 14.3. The van der Waals surface area contributed by atoms with Crippen LogP contribution in [0.15, 0.2) is 57.9 Å². The van der Waals surface area contributed by atoms with Gasteiger partial charge in [0.1, 0.15) is 11.5 Å². The maximum absolute atomic E-state index is 5.67. The van der Waals surface area contributed by atoms with E-state index in [0.29, 0.717) is 6.61 Å². The molecule has 0 radical (unpaired) electrons. The number of halogens is 1. The van der Waals surface area contributed by atoms with E-state index in [2.05, 4.69) is 22.0 Å². The summed E-state index contributed by atoms with van der Waals surface area (Å²) in [6, 6.07) is 15.9. The number of thioether (sulfide) groups is 1. The predicted molar refractivity (Wildman–Crippen MR) is 83.4 cm³/mol. The minimum absolute atomic E-state index is 0.684. The average Bonchev–Trinajstić information content (AvgIpc) is 2.46. The van der Waals surface area contributed by atoms with Crippen LogP contribution < -0.4 is 9.47 Å². The van der Waals surface area contributed by atoms with Gasteiger partial charge in [-0.05, 0) is 42.5 Å². The Morgan fingerprint density at radius 1 is 1.05 bits per heavy atom. The second kappa shape index (κ2) is 7.46. The molecule has 0 fully saturated rings. The molecule has 2 rings (SSSR count). The summed E-state index contributed by atoms with van der Waals surface area (Å²) in [5, 5.41) is 0. The summed E-state index contributed by atoms with van der Waals surface area (Å²) in [7, 11) is 1.68. The van der Waals surface area contributed by atoms with E-state index in [9.17, 15) is 0 Å². The van der Waals surface area contributed by atoms with Crippen molar-refractivity contribution in [1.29, 1.82) is 0 Å². The zero-order valence-corrected chi connectivity index (χ0v) is 13.0. The standard InChI is InChI=1S/C15H15BrO2S/c1-17-14-3-2-4-15(11-14)19-10-9-18-13-7-5-12(16)6-8-13/h2-8,11H,9-10H2,1H3. The van der Waals surface area contributed by atoms with Crippen molar-refractivity contribution in [2.24, 2.45) is 0 Å². The second-order valence-corrected chi connectivity index (χ2v) is 5.91. The topological polar surface area (TPSA) is 18.5 Å². The maximum atomic E-state index is 5.67. The third kappa shape index (κ3) is 4.80. The van der Waals surface area contributed by atoms with Gasteiger partial charge >= 0.3 is 0 Å². The lowest BCUT2D eigenvalue weighted by atomic mass is 10.3. The minimum atomic E-state index is 0.684. The third-order valence-corrected chi connectivity index (χ3v) is 3.96. The van der Waals surface area contributed by atoms with Crippen molar-refractivity contribution < 1.29 is 9.47 Å². The van der Waals surface area contributed by atoms with Gasteiger partial charge in [0.15, 0.2) is 0 Å². The Balaban J connectivity index is 1.75. The Morgan fingerprint density at radius 2 is 1.84 bits per heavy atom. The number of benzene rings is 2. The summed E-state index contributed by atoms with van der Waals surface area (Å²) in [6.45, 7) is 0.684. The number of hydrogen-bond acceptors (Lipinski definition) is 3. The van der Waals surface area contributed by atoms with Crippen LogP contribution in [-0.4, -0.2) is 19.5 Å². The largest absolute Gasteiger partial charge is 0.497 e. The highest BCUT2D eigenvalue weighted by molar-refractivity contribution is 9.10. The van der Waals surface area contributed by atoms with E-state index in [1.54, 1.807) is 18.9 Å². The molecule has 0 aliphatic heterocycles. The number of ether oxygens (including phenoxy) is 2. The Labute approximate surface area is 126 Å². The smallest absolute Gasteiger partial charge is 0.119 e. The van der Waals surface area contributed by atoms with Crippen LogP contribution in [0.1, 0.15) is 0 Å². The molecule has 0 aliphatic carbocycles. The van der Waals surface area contributed by atoms with Gasteiger partial charge in [0.25, 0.3) is 0 Å². The van der Waals surface area contributed by atoms with Gasteiger partial charge in [-0.25, -0.2) is 0 Å². The molecular weight excluding hydrogens is 324 g/mol. The molecule has 0 N–H and O–H groups in total. The molecule has 19 heavy (non-hydrogen) atoms. The Bertz CT molecular complexity index is 514. The Morgan fingerprint density at radius 3 is 2.58 bits per heavy atom. The highest BCUT2D eigenvalue weighted by Gasteiger charge is 1.98. The lowest BCUT2D eigenvalue weighted by molar-refractivity contribution is 0.344. The molecule has 2 aromatic rings. The third-order valence-electron chi connectivity index (χ3n) is 2.48. The lowest BCUT2D eigenvalue weighted by Gasteiger charge is -2.07. The van der Waals surface area contributed by atoms with E-state index < -0.39 is 0 Å². The Hall–Kier alpha value is -1.13. The van der Waals surface area contributed by atoms with Gasteiger partial charge in [-0.3, -0.25) is 0 Å². The normalized spacial score (nSPS) is 10.2. The fraction of sp³-hybridized carbons (Fsp3) is 0.200. The van der Waals surface area contributed by atoms with Crippen molar-refractivity contribution in [3.8, 4) is 11.5 Å². The first-order valence-electron chi connectivity index (χ1n) is 5.93. The first-order valence-corrected chi connectivity index (χ1v) is 7.71. The molecule has 2 aromatic carbocycles. The van der Waals surface area contributed by atoms with Crippen molar-refractivity contribution in [2.75, 3.05) is 19.5 Å². The van der Waals surface area contributed by atoms with Crippen LogP contribution in [0, 0.1) is 0 Å². The van der Waals surface area contributed by atoms with Crippen LogP contribution >= 0.6 is 27.7 Å². The van der Waals surface area contributed by atoms with Gasteiger partial charge in [0, 0.05) is 15.1 Å². The van der Waals surface area contributed by atoms with E-state index in [1.807, 2.05) is 42.5 Å². The van der Waals surface area contributed by atoms with E-state index in [1.165, 1.54) is 4.90 Å². The summed E-state index contributed by atoms with van der Waals surface area (Å²) < 4.78 is 11.9. The van der Waals surface area contributed by atoms with Gasteiger partial charge in [-0.15, -0.1) is 11.8 Å². The SMILES string of the molecule is COc1cccc(SCCOc2ccc(Br)cc2)c1. The van der Waals surface area contributed by atoms with Crippen LogP contribution in [0.2, 0.25) is 0 Å². The van der Waals surface area contributed by atoms with E-state index in [-0.39, 0.29) is 0 Å². The Kier molecular flexibility index (Phi) is 5.61. The van der Waals surface area contributed by atoms with E-state index in [4.69, 9.17) is 9.47 Å². The molecule has 0 spiro atoms. The molecule has 0 aliphatic rings. The fourth-order valence-electron chi connectivity index (χ4n) is 1.54. The molecule has 0 amide bonds. The zero-order chi connectivity index (χ0) is 13.5. The summed E-state index contributed by atoms with van der Waals surface area (Å²) in [4.78, 5) is 1.19. The van der Waals surface area contributed by atoms with Crippen molar-refractivity contribution >= 4 is 27.7 Å². The monoisotopic (exact) mass is 338 g/mol. The lowest BCUT2D eigenvalue weighted by Crippen LogP contribution is -1.99. The minimum Gasteiger partial charge on any atom is -0.497 e. The first-order chi connectivity index (χ1) is 9.28. The fourth-order valence-corrected chi connectivity index (χ4v) is 2.58. The maximum Gasteiger partial charge on any atom is 0.119 e. The number of methoxy groups -OCH3 is 1. The molecule has 0 saturated heterocycles. The number of rotatable bonds is 6. The van der Waals surface area contributed by atoms with Crippen molar-refractivity contribution in [3.05, 3.63) is 53.0 Å². The molecule has 0 atom stereocenters. The van der Waals surface area contributed by atoms with Crippen molar-refractivity contribution in [1.82, 2.24) is 0 Å². The van der Waals surface area contributed by atoms with Crippen LogP contribution in [0.3, 0.4) is 0 Å². The summed E-state index contributed by atoms with van der Waals surface area (Å²) in [5.41, 5.74) is 0. The van der Waals surface area contributed by atoms with Crippen LogP contribution in [0.5, 0.6) is 11.5 Å².